The average Bonchev–Trinajstić information content (AvgIpc) is 3.10. The van der Waals surface area contributed by atoms with Crippen LogP contribution in [-0.2, 0) is 12.0 Å². The average molecular weight is 351 g/mol. The Morgan fingerprint density at radius 2 is 1.81 bits per heavy atom. The number of para-hydroxylation sites is 1. The smallest absolute Gasteiger partial charge is 0.374 e. The summed E-state index contributed by atoms with van der Waals surface area (Å²) in [5.74, 6) is -0.427. The number of carboxylic acids is 1. The molecule has 0 amide bonds. The molecular formula is C21H21NO4. The lowest BCUT2D eigenvalue weighted by atomic mass is 9.86. The lowest BCUT2D eigenvalue weighted by Crippen LogP contribution is -2.13. The predicted molar refractivity (Wildman–Crippen MR) is 98.4 cm³/mol. The summed E-state index contributed by atoms with van der Waals surface area (Å²) < 4.78 is 10.8. The van der Waals surface area contributed by atoms with Gasteiger partial charge in [0.15, 0.2) is 0 Å². The van der Waals surface area contributed by atoms with Gasteiger partial charge in [0.25, 0.3) is 0 Å². The Balaban J connectivity index is 1.71. The number of benzene rings is 2. The highest BCUT2D eigenvalue weighted by Gasteiger charge is 2.18. The van der Waals surface area contributed by atoms with Crippen LogP contribution in [0.3, 0.4) is 0 Å². The Hall–Kier alpha value is -3.08. The van der Waals surface area contributed by atoms with E-state index in [-0.39, 0.29) is 11.2 Å². The van der Waals surface area contributed by atoms with Crippen molar-refractivity contribution >= 4 is 5.97 Å². The fraction of sp³-hybridized carbons (Fsp3) is 0.238. The van der Waals surface area contributed by atoms with Gasteiger partial charge < -0.3 is 14.4 Å². The molecule has 0 radical (unpaired) electrons. The van der Waals surface area contributed by atoms with Crippen molar-refractivity contribution in [3.8, 4) is 17.0 Å². The summed E-state index contributed by atoms with van der Waals surface area (Å²) in [7, 11) is 0. The maximum absolute atomic E-state index is 10.9. The number of carboxylic acid groups (broad SMARTS) is 1. The van der Waals surface area contributed by atoms with Gasteiger partial charge in [-0.1, -0.05) is 68.4 Å². The molecule has 3 aromatic rings. The number of aromatic nitrogens is 1. The van der Waals surface area contributed by atoms with Crippen LogP contribution < -0.4 is 4.74 Å². The fourth-order valence-electron chi connectivity index (χ4n) is 2.66. The van der Waals surface area contributed by atoms with Crippen LogP contribution in [-0.4, -0.2) is 16.2 Å². The maximum atomic E-state index is 10.9. The highest BCUT2D eigenvalue weighted by molar-refractivity contribution is 5.85. The lowest BCUT2D eigenvalue weighted by Gasteiger charge is -2.22. The third-order valence-electron chi connectivity index (χ3n) is 4.06. The molecule has 3 rings (SSSR count). The molecule has 0 atom stereocenters. The molecular weight excluding hydrogens is 330 g/mol. The second-order valence-corrected chi connectivity index (χ2v) is 7.11. The molecule has 2 aromatic carbocycles. The molecule has 0 fully saturated rings. The van der Waals surface area contributed by atoms with Gasteiger partial charge in [0, 0.05) is 11.6 Å². The van der Waals surface area contributed by atoms with Gasteiger partial charge in [-0.05, 0) is 22.6 Å². The fourth-order valence-corrected chi connectivity index (χ4v) is 2.66. The molecule has 1 heterocycles. The SMILES string of the molecule is CC(C)(C)c1ccccc1OCc1ccc(-c2cc(C(=O)O)on2)cc1. The first-order chi connectivity index (χ1) is 12.3. The zero-order chi connectivity index (χ0) is 18.7. The molecule has 5 nitrogen and oxygen atoms in total. The normalized spacial score (nSPS) is 11.3. The van der Waals surface area contributed by atoms with Crippen LogP contribution in [0, 0.1) is 0 Å². The summed E-state index contributed by atoms with van der Waals surface area (Å²) in [6.45, 7) is 6.93. The Bertz CT molecular complexity index is 904. The molecule has 1 aromatic heterocycles. The second-order valence-electron chi connectivity index (χ2n) is 7.11. The van der Waals surface area contributed by atoms with Gasteiger partial charge in [0.1, 0.15) is 18.1 Å². The van der Waals surface area contributed by atoms with Crippen LogP contribution in [0.1, 0.15) is 42.5 Å². The van der Waals surface area contributed by atoms with Crippen molar-refractivity contribution < 1.29 is 19.2 Å². The summed E-state index contributed by atoms with van der Waals surface area (Å²) in [6, 6.07) is 17.1. The summed E-state index contributed by atoms with van der Waals surface area (Å²) >= 11 is 0. The van der Waals surface area contributed by atoms with Crippen LogP contribution in [0.15, 0.2) is 59.1 Å². The van der Waals surface area contributed by atoms with E-state index in [2.05, 4.69) is 32.0 Å². The highest BCUT2D eigenvalue weighted by atomic mass is 16.5. The van der Waals surface area contributed by atoms with E-state index < -0.39 is 5.97 Å². The third kappa shape index (κ3) is 3.94. The number of rotatable bonds is 5. The molecule has 134 valence electrons. The van der Waals surface area contributed by atoms with Crippen LogP contribution in [0.4, 0.5) is 0 Å². The molecule has 26 heavy (non-hydrogen) atoms. The van der Waals surface area contributed by atoms with Gasteiger partial charge >= 0.3 is 5.97 Å². The van der Waals surface area contributed by atoms with E-state index in [1.807, 2.05) is 42.5 Å². The number of hydrogen-bond donors (Lipinski definition) is 1. The highest BCUT2D eigenvalue weighted by Crippen LogP contribution is 2.31. The molecule has 0 aliphatic heterocycles. The summed E-state index contributed by atoms with van der Waals surface area (Å²) in [6.07, 6.45) is 0. The summed E-state index contributed by atoms with van der Waals surface area (Å²) in [5, 5.41) is 12.7. The number of ether oxygens (including phenoxy) is 1. The molecule has 0 saturated carbocycles. The van der Waals surface area contributed by atoms with Crippen molar-refractivity contribution in [3.63, 3.8) is 0 Å². The van der Waals surface area contributed by atoms with Gasteiger partial charge in [0.2, 0.25) is 5.76 Å². The second kappa shape index (κ2) is 7.04. The van der Waals surface area contributed by atoms with Crippen molar-refractivity contribution in [3.05, 3.63) is 71.5 Å². The molecule has 0 aliphatic carbocycles. The number of nitrogens with zero attached hydrogens (tertiary/aromatic N) is 1. The number of carbonyl (C=O) groups is 1. The molecule has 0 aliphatic rings. The largest absolute Gasteiger partial charge is 0.489 e. The van der Waals surface area contributed by atoms with Crippen LogP contribution in [0.2, 0.25) is 0 Å². The van der Waals surface area contributed by atoms with E-state index in [1.165, 1.54) is 11.6 Å². The van der Waals surface area contributed by atoms with E-state index in [1.54, 1.807) is 0 Å². The van der Waals surface area contributed by atoms with E-state index in [4.69, 9.17) is 14.4 Å². The Kier molecular flexibility index (Phi) is 4.80. The third-order valence-corrected chi connectivity index (χ3v) is 4.06. The first kappa shape index (κ1) is 17.7. The van der Waals surface area contributed by atoms with Crippen molar-refractivity contribution in [1.82, 2.24) is 5.16 Å². The quantitative estimate of drug-likeness (QED) is 0.706. The van der Waals surface area contributed by atoms with Crippen molar-refractivity contribution in [2.45, 2.75) is 32.8 Å². The molecule has 0 bridgehead atoms. The van der Waals surface area contributed by atoms with Crippen LogP contribution in [0.25, 0.3) is 11.3 Å². The molecule has 1 N–H and O–H groups in total. The van der Waals surface area contributed by atoms with Gasteiger partial charge in [0.05, 0.1) is 0 Å². The first-order valence-electron chi connectivity index (χ1n) is 8.36. The summed E-state index contributed by atoms with van der Waals surface area (Å²) in [5.41, 5.74) is 3.47. The number of hydrogen-bond acceptors (Lipinski definition) is 4. The van der Waals surface area contributed by atoms with Crippen molar-refractivity contribution in [2.75, 3.05) is 0 Å². The van der Waals surface area contributed by atoms with Gasteiger partial charge in [-0.25, -0.2) is 4.79 Å². The number of aromatic carboxylic acids is 1. The van der Waals surface area contributed by atoms with Crippen molar-refractivity contribution in [1.29, 1.82) is 0 Å². The zero-order valence-corrected chi connectivity index (χ0v) is 15.0. The Morgan fingerprint density at radius 1 is 1.12 bits per heavy atom. The Labute approximate surface area is 152 Å². The topological polar surface area (TPSA) is 72.6 Å². The predicted octanol–water partition coefficient (Wildman–Crippen LogP) is 4.92. The Morgan fingerprint density at radius 3 is 2.42 bits per heavy atom. The maximum Gasteiger partial charge on any atom is 0.374 e. The van der Waals surface area contributed by atoms with E-state index in [0.29, 0.717) is 12.3 Å². The van der Waals surface area contributed by atoms with E-state index >= 15 is 0 Å². The zero-order valence-electron chi connectivity index (χ0n) is 15.0. The standard InChI is InChI=1S/C21H21NO4/c1-21(2,3)16-6-4-5-7-18(16)25-13-14-8-10-15(11-9-14)17-12-19(20(23)24)26-22-17/h4-12H,13H2,1-3H3,(H,23,24). The molecule has 0 unspecified atom stereocenters. The van der Waals surface area contributed by atoms with Crippen LogP contribution in [0.5, 0.6) is 5.75 Å². The lowest BCUT2D eigenvalue weighted by molar-refractivity contribution is 0.0652. The summed E-state index contributed by atoms with van der Waals surface area (Å²) in [4.78, 5) is 10.9. The van der Waals surface area contributed by atoms with E-state index in [0.717, 1.165) is 16.9 Å². The van der Waals surface area contributed by atoms with Gasteiger partial charge in [-0.15, -0.1) is 0 Å². The molecule has 0 spiro atoms. The minimum atomic E-state index is -1.13. The van der Waals surface area contributed by atoms with Gasteiger partial charge in [-0.3, -0.25) is 0 Å². The minimum absolute atomic E-state index is 0.00918. The molecule has 5 heteroatoms. The van der Waals surface area contributed by atoms with Crippen LogP contribution >= 0.6 is 0 Å². The first-order valence-corrected chi connectivity index (χ1v) is 8.36. The van der Waals surface area contributed by atoms with Crippen molar-refractivity contribution in [2.24, 2.45) is 0 Å². The minimum Gasteiger partial charge on any atom is -0.489 e. The molecule has 0 saturated heterocycles. The van der Waals surface area contributed by atoms with E-state index in [9.17, 15) is 4.79 Å². The monoisotopic (exact) mass is 351 g/mol. The van der Waals surface area contributed by atoms with Gasteiger partial charge in [-0.2, -0.15) is 0 Å².